The number of nitrogens with one attached hydrogen (secondary N) is 1. The van der Waals surface area contributed by atoms with Crippen molar-refractivity contribution in [3.63, 3.8) is 0 Å². The van der Waals surface area contributed by atoms with E-state index in [0.29, 0.717) is 18.3 Å². The zero-order chi connectivity index (χ0) is 19.9. The Kier molecular flexibility index (Phi) is 7.68. The van der Waals surface area contributed by atoms with Crippen LogP contribution in [0.3, 0.4) is 0 Å². The van der Waals surface area contributed by atoms with E-state index in [1.807, 2.05) is 15.7 Å². The number of aromatic nitrogens is 2. The number of carbonyl (C=O) groups is 1. The van der Waals surface area contributed by atoms with Crippen LogP contribution in [0.2, 0.25) is 0 Å². The van der Waals surface area contributed by atoms with Gasteiger partial charge in [-0.15, -0.1) is 6.58 Å². The summed E-state index contributed by atoms with van der Waals surface area (Å²) in [6.07, 6.45) is 9.64. The summed E-state index contributed by atoms with van der Waals surface area (Å²) in [5.74, 6) is 0.116. The monoisotopic (exact) mass is 388 g/mol. The highest BCUT2D eigenvalue weighted by Gasteiger charge is 2.31. The lowest BCUT2D eigenvalue weighted by molar-refractivity contribution is 0.0751. The minimum Gasteiger partial charge on any atom is -0.377 e. The second-order valence-corrected chi connectivity index (χ2v) is 8.26. The molecule has 0 bridgehead atoms. The summed E-state index contributed by atoms with van der Waals surface area (Å²) in [6.45, 7) is 11.9. The van der Waals surface area contributed by atoms with Crippen molar-refractivity contribution in [2.24, 2.45) is 0 Å². The van der Waals surface area contributed by atoms with Crippen molar-refractivity contribution in [3.05, 3.63) is 29.6 Å². The second-order valence-electron chi connectivity index (χ2n) is 8.26. The molecule has 0 aromatic carbocycles. The van der Waals surface area contributed by atoms with Gasteiger partial charge in [0.05, 0.1) is 19.3 Å². The molecule has 1 unspecified atom stereocenters. The summed E-state index contributed by atoms with van der Waals surface area (Å²) in [7, 11) is 0. The standard InChI is InChI=1S/C22H36N4O2/c1-4-12-26-20-10-9-18(23-11-15-28-17(2)3)16-19(20)21(24-26)22(27)25-13-7-5-6-8-14-25/h4,17-18,23H,1,5-16H2,2-3H3. The molecule has 6 heteroatoms. The van der Waals surface area contributed by atoms with Gasteiger partial charge in [0.25, 0.3) is 5.91 Å². The van der Waals surface area contributed by atoms with Crippen molar-refractivity contribution in [2.75, 3.05) is 26.2 Å². The SMILES string of the molecule is C=CCn1nc(C(=O)N2CCCCCC2)c2c1CCC(NCCOC(C)C)C2. The van der Waals surface area contributed by atoms with E-state index in [0.717, 1.165) is 63.9 Å². The van der Waals surface area contributed by atoms with Crippen LogP contribution in [-0.2, 0) is 24.1 Å². The first-order chi connectivity index (χ1) is 13.6. The minimum absolute atomic E-state index is 0.116. The van der Waals surface area contributed by atoms with Gasteiger partial charge in [-0.3, -0.25) is 9.48 Å². The number of allylic oxidation sites excluding steroid dienone is 1. The van der Waals surface area contributed by atoms with Gasteiger partial charge in [-0.2, -0.15) is 5.10 Å². The summed E-state index contributed by atoms with van der Waals surface area (Å²) < 4.78 is 7.63. The van der Waals surface area contributed by atoms with E-state index < -0.39 is 0 Å². The van der Waals surface area contributed by atoms with E-state index in [4.69, 9.17) is 9.84 Å². The average Bonchev–Trinajstić information content (AvgIpc) is 2.85. The highest BCUT2D eigenvalue weighted by atomic mass is 16.5. The lowest BCUT2D eigenvalue weighted by Gasteiger charge is -2.25. The summed E-state index contributed by atoms with van der Waals surface area (Å²) in [5.41, 5.74) is 3.03. The van der Waals surface area contributed by atoms with E-state index >= 15 is 0 Å². The van der Waals surface area contributed by atoms with Gasteiger partial charge in [0.1, 0.15) is 0 Å². The Labute approximate surface area is 169 Å². The van der Waals surface area contributed by atoms with Gasteiger partial charge in [0.15, 0.2) is 5.69 Å². The first-order valence-electron chi connectivity index (χ1n) is 10.9. The lowest BCUT2D eigenvalue weighted by atomic mass is 9.91. The molecular formula is C22H36N4O2. The van der Waals surface area contributed by atoms with Crippen molar-refractivity contribution in [1.29, 1.82) is 0 Å². The fraction of sp³-hybridized carbons (Fsp3) is 0.727. The van der Waals surface area contributed by atoms with Crippen LogP contribution in [0.25, 0.3) is 0 Å². The van der Waals surface area contributed by atoms with E-state index in [9.17, 15) is 4.79 Å². The van der Waals surface area contributed by atoms with Gasteiger partial charge >= 0.3 is 0 Å². The summed E-state index contributed by atoms with van der Waals surface area (Å²) >= 11 is 0. The van der Waals surface area contributed by atoms with Crippen molar-refractivity contribution in [3.8, 4) is 0 Å². The van der Waals surface area contributed by atoms with E-state index in [1.165, 1.54) is 18.5 Å². The topological polar surface area (TPSA) is 59.4 Å². The van der Waals surface area contributed by atoms with Crippen LogP contribution in [0.15, 0.2) is 12.7 Å². The molecule has 1 aromatic rings. The maximum absolute atomic E-state index is 13.3. The first-order valence-corrected chi connectivity index (χ1v) is 10.9. The predicted octanol–water partition coefficient (Wildman–Crippen LogP) is 2.96. The van der Waals surface area contributed by atoms with Crippen LogP contribution in [0.4, 0.5) is 0 Å². The fourth-order valence-electron chi connectivity index (χ4n) is 4.29. The molecule has 1 aliphatic carbocycles. The van der Waals surface area contributed by atoms with E-state index in [2.05, 4.69) is 25.7 Å². The third-order valence-electron chi connectivity index (χ3n) is 5.73. The van der Waals surface area contributed by atoms with Gasteiger partial charge in [-0.1, -0.05) is 18.9 Å². The molecule has 6 nitrogen and oxygen atoms in total. The van der Waals surface area contributed by atoms with Crippen LogP contribution >= 0.6 is 0 Å². The third-order valence-corrected chi connectivity index (χ3v) is 5.73. The average molecular weight is 389 g/mol. The largest absolute Gasteiger partial charge is 0.377 e. The van der Waals surface area contributed by atoms with Crippen LogP contribution in [0.5, 0.6) is 0 Å². The molecule has 2 heterocycles. The second kappa shape index (κ2) is 10.2. The summed E-state index contributed by atoms with van der Waals surface area (Å²) in [6, 6.07) is 0.375. The maximum Gasteiger partial charge on any atom is 0.274 e. The molecule has 0 saturated carbocycles. The highest BCUT2D eigenvalue weighted by molar-refractivity contribution is 5.94. The maximum atomic E-state index is 13.3. The molecule has 1 N–H and O–H groups in total. The molecule has 3 rings (SSSR count). The summed E-state index contributed by atoms with van der Waals surface area (Å²) in [5, 5.41) is 8.35. The number of carbonyl (C=O) groups excluding carboxylic acids is 1. The Balaban J connectivity index is 1.73. The number of hydrogen-bond acceptors (Lipinski definition) is 4. The minimum atomic E-state index is 0.116. The number of hydrogen-bond donors (Lipinski definition) is 1. The number of likely N-dealkylation sites (tertiary alicyclic amines) is 1. The fourth-order valence-corrected chi connectivity index (χ4v) is 4.29. The predicted molar refractivity (Wildman–Crippen MR) is 112 cm³/mol. The van der Waals surface area contributed by atoms with Gasteiger partial charge in [0, 0.05) is 36.9 Å². The molecular weight excluding hydrogens is 352 g/mol. The highest BCUT2D eigenvalue weighted by Crippen LogP contribution is 2.26. The molecule has 156 valence electrons. The number of rotatable bonds is 8. The van der Waals surface area contributed by atoms with Crippen molar-refractivity contribution in [2.45, 2.75) is 77.5 Å². The molecule has 0 spiro atoms. The Morgan fingerprint density at radius 3 is 2.75 bits per heavy atom. The number of fused-ring (bicyclic) bond motifs is 1. The van der Waals surface area contributed by atoms with E-state index in [1.54, 1.807) is 0 Å². The van der Waals surface area contributed by atoms with Crippen LogP contribution in [0.1, 0.15) is 67.7 Å². The van der Waals surface area contributed by atoms with Gasteiger partial charge < -0.3 is 15.0 Å². The molecule has 28 heavy (non-hydrogen) atoms. The van der Waals surface area contributed by atoms with Crippen molar-refractivity contribution >= 4 is 5.91 Å². The van der Waals surface area contributed by atoms with E-state index in [-0.39, 0.29) is 12.0 Å². The lowest BCUT2D eigenvalue weighted by Crippen LogP contribution is -2.38. The Morgan fingerprint density at radius 1 is 1.32 bits per heavy atom. The molecule has 1 aromatic heterocycles. The van der Waals surface area contributed by atoms with Gasteiger partial charge in [-0.25, -0.2) is 0 Å². The quantitative estimate of drug-likeness (QED) is 0.549. The summed E-state index contributed by atoms with van der Waals surface area (Å²) in [4.78, 5) is 15.3. The Hall–Kier alpha value is -1.66. The molecule has 1 saturated heterocycles. The Bertz CT molecular complexity index is 660. The molecule has 1 amide bonds. The van der Waals surface area contributed by atoms with Crippen LogP contribution < -0.4 is 5.32 Å². The smallest absolute Gasteiger partial charge is 0.274 e. The van der Waals surface area contributed by atoms with Gasteiger partial charge in [0.2, 0.25) is 0 Å². The van der Waals surface area contributed by atoms with Crippen LogP contribution in [0, 0.1) is 0 Å². The van der Waals surface area contributed by atoms with Crippen molar-refractivity contribution in [1.82, 2.24) is 20.0 Å². The Morgan fingerprint density at radius 2 is 2.07 bits per heavy atom. The third kappa shape index (κ3) is 5.23. The number of nitrogens with zero attached hydrogens (tertiary/aromatic N) is 3. The molecule has 1 aliphatic heterocycles. The van der Waals surface area contributed by atoms with Gasteiger partial charge in [-0.05, 0) is 46.0 Å². The number of ether oxygens (including phenoxy) is 1. The normalized spacial score (nSPS) is 20.1. The van der Waals surface area contributed by atoms with Crippen molar-refractivity contribution < 1.29 is 9.53 Å². The molecule has 2 aliphatic rings. The molecule has 1 fully saturated rings. The zero-order valence-electron chi connectivity index (χ0n) is 17.6. The zero-order valence-corrected chi connectivity index (χ0v) is 17.6. The number of amides is 1. The molecule has 0 radical (unpaired) electrons. The van der Waals surface area contributed by atoms with Crippen LogP contribution in [-0.4, -0.2) is 59.0 Å². The molecule has 1 atom stereocenters. The first kappa shape index (κ1) is 21.1.